The lowest BCUT2D eigenvalue weighted by Gasteiger charge is -2.11. The molecule has 11 heteroatoms. The number of H-pyrrole nitrogens is 1. The monoisotopic (exact) mass is 377 g/mol. The Morgan fingerprint density at radius 3 is 2.67 bits per heavy atom. The summed E-state index contributed by atoms with van der Waals surface area (Å²) in [5, 5.41) is 28.9. The van der Waals surface area contributed by atoms with Crippen LogP contribution in [0.3, 0.4) is 0 Å². The first-order chi connectivity index (χ1) is 12.8. The number of benzene rings is 1. The van der Waals surface area contributed by atoms with E-state index in [2.05, 4.69) is 9.97 Å². The molecule has 1 aromatic carbocycles. The Labute approximate surface area is 151 Å². The molecule has 27 heavy (non-hydrogen) atoms. The summed E-state index contributed by atoms with van der Waals surface area (Å²) >= 11 is 0. The standard InChI is InChI=1S/C16H15N3O8/c1-2-26-11-7-9(3-5-10(11)27-8-13(20)21)4-6-12-17-15(22)14(19(24)25)16(23)18-12/h3-7H,2,8H2,1H3,(H,20,21)(H2,17,18,22,23). The van der Waals surface area contributed by atoms with Crippen LogP contribution in [-0.4, -0.2) is 44.3 Å². The van der Waals surface area contributed by atoms with Gasteiger partial charge in [-0.1, -0.05) is 12.1 Å². The number of aliphatic carboxylic acids is 1. The number of hydrogen-bond acceptors (Lipinski definition) is 8. The summed E-state index contributed by atoms with van der Waals surface area (Å²) in [5.74, 6) is -1.65. The Morgan fingerprint density at radius 2 is 2.07 bits per heavy atom. The fourth-order valence-electron chi connectivity index (χ4n) is 2.05. The molecule has 0 aliphatic carbocycles. The zero-order chi connectivity index (χ0) is 20.0. The number of aromatic amines is 1. The molecule has 142 valence electrons. The molecule has 0 saturated heterocycles. The van der Waals surface area contributed by atoms with Gasteiger partial charge in [0.15, 0.2) is 18.1 Å². The van der Waals surface area contributed by atoms with Gasteiger partial charge in [0.1, 0.15) is 5.82 Å². The highest BCUT2D eigenvalue weighted by molar-refractivity contribution is 5.70. The van der Waals surface area contributed by atoms with Crippen molar-refractivity contribution >= 4 is 23.8 Å². The van der Waals surface area contributed by atoms with E-state index in [0.717, 1.165) is 0 Å². The van der Waals surface area contributed by atoms with E-state index in [1.807, 2.05) is 0 Å². The summed E-state index contributed by atoms with van der Waals surface area (Å²) in [5.41, 5.74) is -1.54. The van der Waals surface area contributed by atoms with Crippen LogP contribution in [-0.2, 0) is 4.79 Å². The molecule has 0 bridgehead atoms. The third kappa shape index (κ3) is 5.04. The van der Waals surface area contributed by atoms with Crippen molar-refractivity contribution in [3.8, 4) is 17.4 Å². The Balaban J connectivity index is 2.28. The molecule has 0 atom stereocenters. The quantitative estimate of drug-likeness (QED) is 0.455. The summed E-state index contributed by atoms with van der Waals surface area (Å²) in [6.45, 7) is 1.54. The highest BCUT2D eigenvalue weighted by Gasteiger charge is 2.21. The molecule has 0 aliphatic rings. The molecule has 2 rings (SSSR count). The van der Waals surface area contributed by atoms with Gasteiger partial charge in [0.05, 0.1) is 11.5 Å². The minimum atomic E-state index is -1.13. The van der Waals surface area contributed by atoms with Crippen molar-refractivity contribution < 1.29 is 29.4 Å². The Morgan fingerprint density at radius 1 is 1.33 bits per heavy atom. The van der Waals surface area contributed by atoms with Crippen LogP contribution in [0.2, 0.25) is 0 Å². The lowest BCUT2D eigenvalue weighted by molar-refractivity contribution is -0.387. The number of hydrogen-bond donors (Lipinski definition) is 3. The Hall–Kier alpha value is -3.89. The third-order valence-electron chi connectivity index (χ3n) is 3.13. The molecule has 0 amide bonds. The Kier molecular flexibility index (Phi) is 6.10. The average molecular weight is 377 g/mol. The molecule has 0 saturated carbocycles. The smallest absolute Gasteiger partial charge is 0.395 e. The molecular formula is C16H15N3O8. The number of rotatable bonds is 8. The highest BCUT2D eigenvalue weighted by Crippen LogP contribution is 2.29. The van der Waals surface area contributed by atoms with Crippen molar-refractivity contribution in [2.24, 2.45) is 0 Å². The van der Waals surface area contributed by atoms with Gasteiger partial charge in [-0.2, -0.15) is 4.98 Å². The van der Waals surface area contributed by atoms with Gasteiger partial charge in [-0.15, -0.1) is 0 Å². The van der Waals surface area contributed by atoms with Gasteiger partial charge >= 0.3 is 17.2 Å². The maximum Gasteiger partial charge on any atom is 0.395 e. The van der Waals surface area contributed by atoms with E-state index >= 15 is 0 Å². The number of nitrogens with zero attached hydrogens (tertiary/aromatic N) is 2. The number of ether oxygens (including phenoxy) is 2. The van der Waals surface area contributed by atoms with Crippen LogP contribution >= 0.6 is 0 Å². The Bertz CT molecular complexity index is 951. The molecule has 11 nitrogen and oxygen atoms in total. The second kappa shape index (κ2) is 8.47. The van der Waals surface area contributed by atoms with Crippen molar-refractivity contribution in [3.63, 3.8) is 0 Å². The van der Waals surface area contributed by atoms with E-state index in [1.54, 1.807) is 19.1 Å². The van der Waals surface area contributed by atoms with Gasteiger partial charge in [0.25, 0.3) is 5.88 Å². The second-order valence-corrected chi connectivity index (χ2v) is 5.04. The number of nitro groups is 1. The molecule has 0 radical (unpaired) electrons. The van der Waals surface area contributed by atoms with Gasteiger partial charge in [0.2, 0.25) is 0 Å². The average Bonchev–Trinajstić information content (AvgIpc) is 2.58. The summed E-state index contributed by atoms with van der Waals surface area (Å²) in [6, 6.07) is 4.68. The minimum Gasteiger partial charge on any atom is -0.490 e. The van der Waals surface area contributed by atoms with Gasteiger partial charge in [0, 0.05) is 0 Å². The van der Waals surface area contributed by atoms with Crippen molar-refractivity contribution in [2.45, 2.75) is 6.92 Å². The fourth-order valence-corrected chi connectivity index (χ4v) is 2.05. The molecule has 0 spiro atoms. The van der Waals surface area contributed by atoms with Crippen LogP contribution in [0.1, 0.15) is 18.3 Å². The SMILES string of the molecule is CCOc1cc(C=Cc2nc(O)c([N+](=O)[O-])c(=O)[nH]2)ccc1OCC(=O)O. The first-order valence-corrected chi connectivity index (χ1v) is 7.59. The maximum absolute atomic E-state index is 11.6. The molecule has 3 N–H and O–H groups in total. The zero-order valence-electron chi connectivity index (χ0n) is 14.0. The molecular weight excluding hydrogens is 362 g/mol. The van der Waals surface area contributed by atoms with Gasteiger partial charge < -0.3 is 24.7 Å². The number of nitrogens with one attached hydrogen (secondary N) is 1. The van der Waals surface area contributed by atoms with E-state index in [-0.39, 0.29) is 11.6 Å². The van der Waals surface area contributed by atoms with Gasteiger partial charge in [-0.3, -0.25) is 14.9 Å². The number of carboxylic acids is 1. The zero-order valence-corrected chi connectivity index (χ0v) is 14.0. The number of aromatic hydroxyl groups is 1. The number of aromatic nitrogens is 2. The summed E-state index contributed by atoms with van der Waals surface area (Å²) in [6.07, 6.45) is 2.83. The van der Waals surface area contributed by atoms with Crippen LogP contribution in [0.5, 0.6) is 17.4 Å². The van der Waals surface area contributed by atoms with Crippen molar-refractivity contribution in [1.82, 2.24) is 9.97 Å². The lowest BCUT2D eigenvalue weighted by Crippen LogP contribution is -2.14. The van der Waals surface area contributed by atoms with Gasteiger partial charge in [-0.05, 0) is 30.7 Å². The fraction of sp³-hybridized carbons (Fsp3) is 0.188. The van der Waals surface area contributed by atoms with Gasteiger partial charge in [-0.25, -0.2) is 4.79 Å². The topological polar surface area (TPSA) is 165 Å². The first-order valence-electron chi connectivity index (χ1n) is 7.59. The molecule has 1 aromatic heterocycles. The molecule has 0 fully saturated rings. The van der Waals surface area contributed by atoms with Crippen molar-refractivity contribution in [1.29, 1.82) is 0 Å². The van der Waals surface area contributed by atoms with E-state index in [9.17, 15) is 24.8 Å². The van der Waals surface area contributed by atoms with E-state index in [0.29, 0.717) is 17.9 Å². The molecule has 2 aromatic rings. The minimum absolute atomic E-state index is 0.0905. The van der Waals surface area contributed by atoms with Crippen molar-refractivity contribution in [2.75, 3.05) is 13.2 Å². The van der Waals surface area contributed by atoms with E-state index in [4.69, 9.17) is 14.6 Å². The van der Waals surface area contributed by atoms with Crippen LogP contribution in [0.25, 0.3) is 12.2 Å². The number of carboxylic acid groups (broad SMARTS) is 1. The summed E-state index contributed by atoms with van der Waals surface area (Å²) in [7, 11) is 0. The summed E-state index contributed by atoms with van der Waals surface area (Å²) in [4.78, 5) is 37.6. The largest absolute Gasteiger partial charge is 0.490 e. The van der Waals surface area contributed by atoms with Crippen LogP contribution in [0.15, 0.2) is 23.0 Å². The van der Waals surface area contributed by atoms with E-state index < -0.39 is 34.6 Å². The van der Waals surface area contributed by atoms with Crippen LogP contribution < -0.4 is 15.0 Å². The molecule has 1 heterocycles. The first kappa shape index (κ1) is 19.4. The predicted molar refractivity (Wildman–Crippen MR) is 92.8 cm³/mol. The third-order valence-corrected chi connectivity index (χ3v) is 3.13. The predicted octanol–water partition coefficient (Wildman–Crippen LogP) is 1.42. The highest BCUT2D eigenvalue weighted by atomic mass is 16.6. The van der Waals surface area contributed by atoms with Crippen LogP contribution in [0, 0.1) is 10.1 Å². The van der Waals surface area contributed by atoms with Crippen LogP contribution in [0.4, 0.5) is 5.69 Å². The second-order valence-electron chi connectivity index (χ2n) is 5.04. The van der Waals surface area contributed by atoms with E-state index in [1.165, 1.54) is 18.2 Å². The normalized spacial score (nSPS) is 10.7. The summed E-state index contributed by atoms with van der Waals surface area (Å²) < 4.78 is 10.5. The maximum atomic E-state index is 11.6. The molecule has 0 unspecified atom stereocenters. The lowest BCUT2D eigenvalue weighted by atomic mass is 10.2. The number of carbonyl (C=O) groups is 1. The molecule has 0 aliphatic heterocycles. The van der Waals surface area contributed by atoms with Crippen molar-refractivity contribution in [3.05, 3.63) is 50.1 Å².